The van der Waals surface area contributed by atoms with Gasteiger partial charge in [0, 0.05) is 23.5 Å². The standard InChI is InChI=1S/C22H26FN3OS/c1-3-28-16-8-9-18(23)17(14-16)21(27-15-10-12-26(2)13-11-15)22-24-19-6-4-5-7-20(19)25-22/h4-9,14-15,21H,3,10-13H2,1-2H3,(H,24,25). The summed E-state index contributed by atoms with van der Waals surface area (Å²) in [4.78, 5) is 11.4. The number of aromatic amines is 1. The van der Waals surface area contributed by atoms with Crippen molar-refractivity contribution in [3.63, 3.8) is 0 Å². The van der Waals surface area contributed by atoms with Crippen molar-refractivity contribution in [2.45, 2.75) is 36.9 Å². The van der Waals surface area contributed by atoms with E-state index in [4.69, 9.17) is 9.72 Å². The van der Waals surface area contributed by atoms with Gasteiger partial charge in [0.15, 0.2) is 0 Å². The Morgan fingerprint density at radius 1 is 1.25 bits per heavy atom. The molecule has 0 saturated carbocycles. The van der Waals surface area contributed by atoms with E-state index in [1.807, 2.05) is 36.4 Å². The van der Waals surface area contributed by atoms with E-state index in [1.165, 1.54) is 0 Å². The normalized spacial score (nSPS) is 17.2. The van der Waals surface area contributed by atoms with E-state index in [1.54, 1.807) is 17.8 Å². The van der Waals surface area contributed by atoms with Crippen LogP contribution in [0.1, 0.15) is 37.3 Å². The lowest BCUT2D eigenvalue weighted by molar-refractivity contribution is -0.0277. The summed E-state index contributed by atoms with van der Waals surface area (Å²) in [6, 6.07) is 13.2. The molecule has 1 unspecified atom stereocenters. The Hall–Kier alpha value is -1.89. The third kappa shape index (κ3) is 4.24. The Labute approximate surface area is 169 Å². The maximum atomic E-state index is 14.9. The maximum absolute atomic E-state index is 14.9. The molecule has 1 aliphatic heterocycles. The third-order valence-electron chi connectivity index (χ3n) is 5.21. The molecule has 6 heteroatoms. The van der Waals surface area contributed by atoms with Gasteiger partial charge in [0.25, 0.3) is 0 Å². The summed E-state index contributed by atoms with van der Waals surface area (Å²) in [5.74, 6) is 1.35. The van der Waals surface area contributed by atoms with Crippen LogP contribution in [0.5, 0.6) is 0 Å². The van der Waals surface area contributed by atoms with Gasteiger partial charge in [-0.15, -0.1) is 11.8 Å². The predicted molar refractivity (Wildman–Crippen MR) is 112 cm³/mol. The zero-order chi connectivity index (χ0) is 19.5. The first-order valence-corrected chi connectivity index (χ1v) is 10.8. The van der Waals surface area contributed by atoms with E-state index in [9.17, 15) is 4.39 Å². The van der Waals surface area contributed by atoms with E-state index in [0.717, 1.165) is 47.6 Å². The molecule has 0 amide bonds. The number of imidazole rings is 1. The molecule has 1 N–H and O–H groups in total. The Kier molecular flexibility index (Phi) is 5.99. The van der Waals surface area contributed by atoms with Crippen LogP contribution in [0, 0.1) is 5.82 Å². The van der Waals surface area contributed by atoms with Gasteiger partial charge >= 0.3 is 0 Å². The lowest BCUT2D eigenvalue weighted by atomic mass is 10.1. The molecule has 148 valence electrons. The molecule has 0 bridgehead atoms. The largest absolute Gasteiger partial charge is 0.362 e. The number of aromatic nitrogens is 2. The summed E-state index contributed by atoms with van der Waals surface area (Å²) in [7, 11) is 2.12. The molecule has 4 nitrogen and oxygen atoms in total. The number of H-pyrrole nitrogens is 1. The van der Waals surface area contributed by atoms with E-state index in [0.29, 0.717) is 11.4 Å². The van der Waals surface area contributed by atoms with Crippen LogP contribution < -0.4 is 0 Å². The molecule has 1 fully saturated rings. The molecule has 2 aromatic carbocycles. The number of para-hydroxylation sites is 2. The molecule has 1 aliphatic rings. The molecule has 3 aromatic rings. The summed E-state index contributed by atoms with van der Waals surface area (Å²) >= 11 is 1.70. The minimum absolute atomic E-state index is 0.0938. The van der Waals surface area contributed by atoms with Crippen LogP contribution >= 0.6 is 11.8 Å². The first kappa shape index (κ1) is 19.4. The van der Waals surface area contributed by atoms with Gasteiger partial charge in [-0.05, 0) is 56.0 Å². The number of rotatable bonds is 6. The van der Waals surface area contributed by atoms with Crippen LogP contribution in [0.25, 0.3) is 11.0 Å². The average Bonchev–Trinajstić information content (AvgIpc) is 3.13. The maximum Gasteiger partial charge on any atom is 0.143 e. The summed E-state index contributed by atoms with van der Waals surface area (Å²) in [6.45, 7) is 4.08. The number of ether oxygens (including phenoxy) is 1. The zero-order valence-electron chi connectivity index (χ0n) is 16.3. The second-order valence-electron chi connectivity index (χ2n) is 7.27. The molecule has 0 spiro atoms. The first-order valence-electron chi connectivity index (χ1n) is 9.85. The monoisotopic (exact) mass is 399 g/mol. The van der Waals surface area contributed by atoms with Gasteiger partial charge in [-0.2, -0.15) is 0 Å². The van der Waals surface area contributed by atoms with Crippen molar-refractivity contribution in [2.24, 2.45) is 0 Å². The Balaban J connectivity index is 1.71. The van der Waals surface area contributed by atoms with Crippen molar-refractivity contribution in [1.29, 1.82) is 0 Å². The highest BCUT2D eigenvalue weighted by molar-refractivity contribution is 7.99. The van der Waals surface area contributed by atoms with Gasteiger partial charge in [0.2, 0.25) is 0 Å². The molecule has 0 radical (unpaired) electrons. The van der Waals surface area contributed by atoms with Crippen LogP contribution in [0.3, 0.4) is 0 Å². The molecule has 1 atom stereocenters. The highest BCUT2D eigenvalue weighted by Gasteiger charge is 2.28. The van der Waals surface area contributed by atoms with Gasteiger partial charge in [-0.1, -0.05) is 19.1 Å². The smallest absolute Gasteiger partial charge is 0.143 e. The number of fused-ring (bicyclic) bond motifs is 1. The first-order chi connectivity index (χ1) is 13.6. The van der Waals surface area contributed by atoms with Gasteiger partial charge in [-0.25, -0.2) is 9.37 Å². The molecule has 1 saturated heterocycles. The van der Waals surface area contributed by atoms with E-state index >= 15 is 0 Å². The number of likely N-dealkylation sites (tertiary alicyclic amines) is 1. The fraction of sp³-hybridized carbons (Fsp3) is 0.409. The van der Waals surface area contributed by atoms with Gasteiger partial charge < -0.3 is 14.6 Å². The molecule has 2 heterocycles. The van der Waals surface area contributed by atoms with E-state index in [-0.39, 0.29) is 11.9 Å². The lowest BCUT2D eigenvalue weighted by Crippen LogP contribution is -2.35. The Morgan fingerprint density at radius 3 is 2.79 bits per heavy atom. The van der Waals surface area contributed by atoms with Gasteiger partial charge in [0.1, 0.15) is 17.7 Å². The lowest BCUT2D eigenvalue weighted by Gasteiger charge is -2.31. The van der Waals surface area contributed by atoms with Crippen LogP contribution in [0.2, 0.25) is 0 Å². The molecular weight excluding hydrogens is 373 g/mol. The zero-order valence-corrected chi connectivity index (χ0v) is 17.1. The third-order valence-corrected chi connectivity index (χ3v) is 6.09. The van der Waals surface area contributed by atoms with Crippen LogP contribution in [0.15, 0.2) is 47.4 Å². The van der Waals surface area contributed by atoms with Crippen molar-refractivity contribution >= 4 is 22.8 Å². The van der Waals surface area contributed by atoms with Gasteiger partial charge in [-0.3, -0.25) is 0 Å². The molecule has 4 rings (SSSR count). The predicted octanol–water partition coefficient (Wildman–Crippen LogP) is 5.01. The van der Waals surface area contributed by atoms with Crippen molar-refractivity contribution < 1.29 is 9.13 Å². The summed E-state index contributed by atoms with van der Waals surface area (Å²) in [5, 5.41) is 0. The van der Waals surface area contributed by atoms with Crippen LogP contribution in [0.4, 0.5) is 4.39 Å². The molecule has 1 aromatic heterocycles. The average molecular weight is 400 g/mol. The number of hydrogen-bond acceptors (Lipinski definition) is 4. The topological polar surface area (TPSA) is 41.1 Å². The van der Waals surface area contributed by atoms with E-state index in [2.05, 4.69) is 23.9 Å². The number of halogens is 1. The number of hydrogen-bond donors (Lipinski definition) is 1. The fourth-order valence-electron chi connectivity index (χ4n) is 3.67. The van der Waals surface area contributed by atoms with Crippen molar-refractivity contribution in [1.82, 2.24) is 14.9 Å². The van der Waals surface area contributed by atoms with E-state index < -0.39 is 6.10 Å². The quantitative estimate of drug-likeness (QED) is 0.591. The molecule has 0 aliphatic carbocycles. The molecule has 28 heavy (non-hydrogen) atoms. The van der Waals surface area contributed by atoms with Crippen LogP contribution in [-0.4, -0.2) is 46.9 Å². The second kappa shape index (κ2) is 8.64. The summed E-state index contributed by atoms with van der Waals surface area (Å²) in [5.41, 5.74) is 2.36. The minimum Gasteiger partial charge on any atom is -0.362 e. The van der Waals surface area contributed by atoms with Crippen molar-refractivity contribution in [3.05, 3.63) is 59.7 Å². The van der Waals surface area contributed by atoms with Crippen molar-refractivity contribution in [3.8, 4) is 0 Å². The minimum atomic E-state index is -0.543. The fourth-order valence-corrected chi connectivity index (χ4v) is 4.38. The van der Waals surface area contributed by atoms with Gasteiger partial charge in [0.05, 0.1) is 17.1 Å². The van der Waals surface area contributed by atoms with Crippen LogP contribution in [-0.2, 0) is 4.74 Å². The number of thioether (sulfide) groups is 1. The van der Waals surface area contributed by atoms with Crippen molar-refractivity contribution in [2.75, 3.05) is 25.9 Å². The highest BCUT2D eigenvalue weighted by Crippen LogP contribution is 2.33. The number of benzene rings is 2. The number of nitrogens with zero attached hydrogens (tertiary/aromatic N) is 2. The Morgan fingerprint density at radius 2 is 2.04 bits per heavy atom. The Bertz CT molecular complexity index is 903. The summed E-state index contributed by atoms with van der Waals surface area (Å²) < 4.78 is 21.4. The number of nitrogens with one attached hydrogen (secondary N) is 1. The second-order valence-corrected chi connectivity index (χ2v) is 8.61. The SMILES string of the molecule is CCSc1ccc(F)c(C(OC2CCN(C)CC2)c2nc3ccccc3[nH]2)c1. The summed E-state index contributed by atoms with van der Waals surface area (Å²) in [6.07, 6.45) is 1.44. The highest BCUT2D eigenvalue weighted by atomic mass is 32.2. The molecular formula is C22H26FN3OS. The number of piperidine rings is 1.